The summed E-state index contributed by atoms with van der Waals surface area (Å²) in [6, 6.07) is 7.47. The number of carbonyl (C=O) groups excluding carboxylic acids is 1. The van der Waals surface area contributed by atoms with Crippen LogP contribution < -0.4 is 4.90 Å². The van der Waals surface area contributed by atoms with Crippen LogP contribution in [0.1, 0.15) is 60.5 Å². The zero-order valence-corrected chi connectivity index (χ0v) is 15.6. The van der Waals surface area contributed by atoms with Crippen LogP contribution in [0.5, 0.6) is 0 Å². The molecule has 0 aliphatic carbocycles. The zero-order chi connectivity index (χ0) is 17.3. The van der Waals surface area contributed by atoms with Crippen LogP contribution in [0.15, 0.2) is 30.0 Å². The van der Waals surface area contributed by atoms with Gasteiger partial charge in [0.05, 0.1) is 13.1 Å². The third-order valence-corrected chi connectivity index (χ3v) is 5.70. The van der Waals surface area contributed by atoms with Gasteiger partial charge in [-0.05, 0) is 38.5 Å². The van der Waals surface area contributed by atoms with Crippen LogP contribution in [0.25, 0.3) is 0 Å². The third kappa shape index (κ3) is 3.41. The number of benzene rings is 1. The zero-order valence-electron chi connectivity index (χ0n) is 15.6. The molecule has 1 fully saturated rings. The minimum Gasteiger partial charge on any atom is -0.329 e. The lowest BCUT2D eigenvalue weighted by Gasteiger charge is -2.33. The smallest absolute Gasteiger partial charge is 0.258 e. The fourth-order valence-corrected chi connectivity index (χ4v) is 4.32. The van der Waals surface area contributed by atoms with Crippen molar-refractivity contribution in [1.29, 1.82) is 0 Å². The van der Waals surface area contributed by atoms with Crippen molar-refractivity contribution >= 4 is 5.91 Å². The Morgan fingerprint density at radius 1 is 1.21 bits per heavy atom. The molecule has 2 heterocycles. The van der Waals surface area contributed by atoms with E-state index >= 15 is 0 Å². The molecule has 1 amide bonds. The molecule has 0 spiro atoms. The van der Waals surface area contributed by atoms with Crippen molar-refractivity contribution in [2.75, 3.05) is 13.6 Å². The number of hydrogen-bond donors (Lipinski definition) is 1. The summed E-state index contributed by atoms with van der Waals surface area (Å²) in [6.45, 7) is 7.17. The van der Waals surface area contributed by atoms with Crippen molar-refractivity contribution in [2.45, 2.75) is 65.0 Å². The van der Waals surface area contributed by atoms with Gasteiger partial charge in [0.25, 0.3) is 5.91 Å². The number of aryl methyl sites for hydroxylation is 2. The number of unbranched alkanes of at least 4 members (excludes halogenated alkanes) is 1. The number of quaternary nitrogens is 1. The van der Waals surface area contributed by atoms with Gasteiger partial charge >= 0.3 is 0 Å². The van der Waals surface area contributed by atoms with E-state index in [1.807, 2.05) is 12.1 Å². The van der Waals surface area contributed by atoms with E-state index in [-0.39, 0.29) is 5.91 Å². The highest BCUT2D eigenvalue weighted by atomic mass is 16.2. The molecule has 2 bridgehead atoms. The quantitative estimate of drug-likeness (QED) is 0.884. The van der Waals surface area contributed by atoms with Crippen LogP contribution in [-0.4, -0.2) is 36.5 Å². The fraction of sp³-hybridized carbons (Fsp3) is 0.571. The summed E-state index contributed by atoms with van der Waals surface area (Å²) in [6.07, 6.45) is 8.15. The molecule has 1 aromatic carbocycles. The summed E-state index contributed by atoms with van der Waals surface area (Å²) in [4.78, 5) is 17.0. The second kappa shape index (κ2) is 7.10. The molecule has 24 heavy (non-hydrogen) atoms. The average molecular weight is 327 g/mol. The number of amides is 1. The Kier molecular flexibility index (Phi) is 5.09. The van der Waals surface area contributed by atoms with Crippen molar-refractivity contribution in [3.8, 4) is 0 Å². The van der Waals surface area contributed by atoms with Gasteiger partial charge < -0.3 is 9.80 Å². The Morgan fingerprint density at radius 2 is 1.92 bits per heavy atom. The lowest BCUT2D eigenvalue weighted by Crippen LogP contribution is -3.14. The number of nitrogens with one attached hydrogen (secondary N) is 1. The predicted octanol–water partition coefficient (Wildman–Crippen LogP) is 2.88. The number of nitrogens with zero attached hydrogens (tertiary/aromatic N) is 1. The summed E-state index contributed by atoms with van der Waals surface area (Å²) in [5, 5.41) is 0. The van der Waals surface area contributed by atoms with E-state index in [1.165, 1.54) is 18.5 Å². The molecule has 0 aromatic heterocycles. The van der Waals surface area contributed by atoms with E-state index in [9.17, 15) is 4.79 Å². The highest BCUT2D eigenvalue weighted by Gasteiger charge is 2.39. The lowest BCUT2D eigenvalue weighted by atomic mass is 10.0. The SMILES string of the molecule is CCCCN(C(=O)c1cc(C)cc(C)c1)C1=C[C@H]2CC[C@@H](C1)[NH+]2C. The molecule has 0 radical (unpaired) electrons. The summed E-state index contributed by atoms with van der Waals surface area (Å²) in [7, 11) is 2.30. The highest BCUT2D eigenvalue weighted by Crippen LogP contribution is 2.26. The van der Waals surface area contributed by atoms with E-state index in [4.69, 9.17) is 0 Å². The van der Waals surface area contributed by atoms with Crippen molar-refractivity contribution in [3.63, 3.8) is 0 Å². The number of rotatable bonds is 5. The molecule has 3 heteroatoms. The first-order chi connectivity index (χ1) is 11.5. The van der Waals surface area contributed by atoms with Gasteiger partial charge in [-0.15, -0.1) is 0 Å². The molecule has 0 saturated carbocycles. The highest BCUT2D eigenvalue weighted by molar-refractivity contribution is 5.95. The molecule has 2 aliphatic rings. The minimum atomic E-state index is 0.181. The Morgan fingerprint density at radius 3 is 2.54 bits per heavy atom. The third-order valence-electron chi connectivity index (χ3n) is 5.70. The van der Waals surface area contributed by atoms with Gasteiger partial charge in [-0.2, -0.15) is 0 Å². The summed E-state index contributed by atoms with van der Waals surface area (Å²) in [5.74, 6) is 0.181. The molecule has 3 atom stereocenters. The Hall–Kier alpha value is -1.61. The van der Waals surface area contributed by atoms with Crippen LogP contribution in [-0.2, 0) is 0 Å². The monoisotopic (exact) mass is 327 g/mol. The van der Waals surface area contributed by atoms with Gasteiger partial charge in [0.1, 0.15) is 6.04 Å². The maximum Gasteiger partial charge on any atom is 0.258 e. The number of carbonyl (C=O) groups is 1. The van der Waals surface area contributed by atoms with Crippen LogP contribution in [0, 0.1) is 13.8 Å². The van der Waals surface area contributed by atoms with Crippen molar-refractivity contribution in [2.24, 2.45) is 0 Å². The molecular formula is C21H31N2O+. The molecule has 2 aliphatic heterocycles. The predicted molar refractivity (Wildman–Crippen MR) is 98.3 cm³/mol. The second-order valence-corrected chi connectivity index (χ2v) is 7.67. The van der Waals surface area contributed by atoms with Gasteiger partial charge in [-0.1, -0.05) is 30.5 Å². The lowest BCUT2D eigenvalue weighted by molar-refractivity contribution is -0.912. The first-order valence-corrected chi connectivity index (χ1v) is 9.43. The maximum atomic E-state index is 13.2. The van der Waals surface area contributed by atoms with E-state index in [2.05, 4.69) is 44.9 Å². The topological polar surface area (TPSA) is 24.8 Å². The van der Waals surface area contributed by atoms with E-state index in [0.717, 1.165) is 42.5 Å². The van der Waals surface area contributed by atoms with Crippen LogP contribution in [0.3, 0.4) is 0 Å². The Balaban J connectivity index is 1.89. The Bertz CT molecular complexity index is 629. The number of likely N-dealkylation sites (N-methyl/N-ethyl adjacent to an activating group) is 1. The van der Waals surface area contributed by atoms with Crippen molar-refractivity contribution in [1.82, 2.24) is 4.90 Å². The largest absolute Gasteiger partial charge is 0.329 e. The normalized spacial score (nSPS) is 25.5. The molecule has 1 N–H and O–H groups in total. The summed E-state index contributed by atoms with van der Waals surface area (Å²) in [5.41, 5.74) is 4.43. The first-order valence-electron chi connectivity index (χ1n) is 9.43. The average Bonchev–Trinajstić information content (AvgIpc) is 2.75. The number of hydrogen-bond acceptors (Lipinski definition) is 1. The van der Waals surface area contributed by atoms with Gasteiger partial charge in [-0.25, -0.2) is 0 Å². The van der Waals surface area contributed by atoms with Crippen LogP contribution in [0.2, 0.25) is 0 Å². The van der Waals surface area contributed by atoms with E-state index in [0.29, 0.717) is 12.1 Å². The second-order valence-electron chi connectivity index (χ2n) is 7.67. The van der Waals surface area contributed by atoms with Gasteiger partial charge in [-0.3, -0.25) is 4.79 Å². The van der Waals surface area contributed by atoms with Gasteiger partial charge in [0.2, 0.25) is 0 Å². The number of fused-ring (bicyclic) bond motifs is 2. The van der Waals surface area contributed by atoms with E-state index in [1.54, 1.807) is 4.90 Å². The van der Waals surface area contributed by atoms with Gasteiger partial charge in [0, 0.05) is 37.1 Å². The van der Waals surface area contributed by atoms with Crippen LogP contribution >= 0.6 is 0 Å². The van der Waals surface area contributed by atoms with Crippen LogP contribution in [0.4, 0.5) is 0 Å². The Labute approximate surface area is 146 Å². The maximum absolute atomic E-state index is 13.2. The first kappa shape index (κ1) is 17.2. The fourth-order valence-electron chi connectivity index (χ4n) is 4.32. The summed E-state index contributed by atoms with van der Waals surface area (Å²) >= 11 is 0. The van der Waals surface area contributed by atoms with E-state index < -0.39 is 0 Å². The molecule has 1 saturated heterocycles. The van der Waals surface area contributed by atoms with Crippen molar-refractivity contribution < 1.29 is 9.69 Å². The molecule has 3 rings (SSSR count). The molecular weight excluding hydrogens is 296 g/mol. The molecule has 1 aromatic rings. The minimum absolute atomic E-state index is 0.181. The molecule has 130 valence electrons. The van der Waals surface area contributed by atoms with Crippen molar-refractivity contribution in [3.05, 3.63) is 46.7 Å². The molecule has 1 unspecified atom stereocenters. The summed E-state index contributed by atoms with van der Waals surface area (Å²) < 4.78 is 0. The van der Waals surface area contributed by atoms with Gasteiger partial charge in [0.15, 0.2) is 0 Å². The standard InChI is InChI=1S/C21H30N2O/c1-5-6-9-23(20-13-18-7-8-19(14-20)22(18)4)21(24)17-11-15(2)10-16(3)12-17/h10-13,18-19H,5-9,14H2,1-4H3/p+1/t18-,19+/m1/s1. The molecule has 3 nitrogen and oxygen atoms in total.